The number of carbonyl (C=O) groups is 2. The maximum absolute atomic E-state index is 12.4. The van der Waals surface area contributed by atoms with Crippen LogP contribution in [-0.4, -0.2) is 27.7 Å². The molecule has 0 spiro atoms. The van der Waals surface area contributed by atoms with Crippen molar-refractivity contribution in [1.29, 1.82) is 0 Å². The van der Waals surface area contributed by atoms with Gasteiger partial charge in [-0.1, -0.05) is 39.8 Å². The first-order valence-electron chi connectivity index (χ1n) is 7.25. The molecule has 1 saturated heterocycles. The van der Waals surface area contributed by atoms with Gasteiger partial charge in [-0.25, -0.2) is 0 Å². The Kier molecular flexibility index (Phi) is 4.14. The van der Waals surface area contributed by atoms with Crippen LogP contribution in [-0.2, 0) is 15.1 Å². The van der Waals surface area contributed by atoms with Crippen LogP contribution in [0.4, 0.5) is 0 Å². The Morgan fingerprint density at radius 1 is 1.33 bits per heavy atom. The minimum Gasteiger partial charge on any atom is -0.332 e. The van der Waals surface area contributed by atoms with Crippen LogP contribution in [0.3, 0.4) is 0 Å². The summed E-state index contributed by atoms with van der Waals surface area (Å²) in [7, 11) is 0. The van der Waals surface area contributed by atoms with Crippen LogP contribution in [0.15, 0.2) is 28.7 Å². The third kappa shape index (κ3) is 2.78. The molecule has 0 aromatic heterocycles. The zero-order valence-electron chi connectivity index (χ0n) is 12.0. The summed E-state index contributed by atoms with van der Waals surface area (Å²) in [6, 6.07) is 8.30. The van der Waals surface area contributed by atoms with Gasteiger partial charge in [0.1, 0.15) is 0 Å². The molecule has 21 heavy (non-hydrogen) atoms. The van der Waals surface area contributed by atoms with E-state index in [9.17, 15) is 9.59 Å². The number of halogens is 1. The van der Waals surface area contributed by atoms with Crippen LogP contribution in [0.2, 0.25) is 0 Å². The molecule has 3 rings (SSSR count). The van der Waals surface area contributed by atoms with Crippen molar-refractivity contribution in [2.24, 2.45) is 0 Å². The third-order valence-electron chi connectivity index (χ3n) is 4.50. The second-order valence-electron chi connectivity index (χ2n) is 5.83. The lowest BCUT2D eigenvalue weighted by molar-refractivity contribution is -0.137. The van der Waals surface area contributed by atoms with Crippen LogP contribution in [0.25, 0.3) is 0 Å². The summed E-state index contributed by atoms with van der Waals surface area (Å²) in [6.45, 7) is 2.27. The summed E-state index contributed by atoms with van der Waals surface area (Å²) in [5.74, 6) is 0.191. The van der Waals surface area contributed by atoms with E-state index in [2.05, 4.69) is 28.1 Å². The van der Waals surface area contributed by atoms with E-state index in [0.717, 1.165) is 23.7 Å². The van der Waals surface area contributed by atoms with E-state index in [-0.39, 0.29) is 21.8 Å². The average molecular weight is 368 g/mol. The minimum absolute atomic E-state index is 0.0981. The van der Waals surface area contributed by atoms with Crippen LogP contribution in [0.1, 0.15) is 38.2 Å². The summed E-state index contributed by atoms with van der Waals surface area (Å²) in [4.78, 5) is 25.7. The van der Waals surface area contributed by atoms with Crippen molar-refractivity contribution < 1.29 is 9.59 Å². The molecule has 0 bridgehead atoms. The number of likely N-dealkylation sites (tertiary alicyclic amines) is 1. The predicted octanol–water partition coefficient (Wildman–Crippen LogP) is 3.71. The highest BCUT2D eigenvalue weighted by molar-refractivity contribution is 9.10. The number of hydrogen-bond donors (Lipinski definition) is 0. The van der Waals surface area contributed by atoms with Gasteiger partial charge in [-0.2, -0.15) is 0 Å². The monoisotopic (exact) mass is 367 g/mol. The van der Waals surface area contributed by atoms with Crippen molar-refractivity contribution in [2.45, 2.75) is 43.4 Å². The van der Waals surface area contributed by atoms with Crippen molar-refractivity contribution >= 4 is 38.7 Å². The molecule has 1 aromatic rings. The number of amides is 1. The van der Waals surface area contributed by atoms with Crippen LogP contribution in [0, 0.1) is 0 Å². The molecule has 3 nitrogen and oxygen atoms in total. The lowest BCUT2D eigenvalue weighted by Gasteiger charge is -2.49. The third-order valence-corrected chi connectivity index (χ3v) is 6.01. The van der Waals surface area contributed by atoms with Crippen LogP contribution < -0.4 is 0 Å². The van der Waals surface area contributed by atoms with Crippen LogP contribution >= 0.6 is 27.7 Å². The second-order valence-corrected chi connectivity index (χ2v) is 8.22. The molecule has 0 radical (unpaired) electrons. The Bertz CT molecular complexity index is 568. The van der Waals surface area contributed by atoms with Gasteiger partial charge in [0.15, 0.2) is 5.12 Å². The lowest BCUT2D eigenvalue weighted by Crippen LogP contribution is -2.52. The maximum Gasteiger partial charge on any atom is 0.224 e. The first kappa shape index (κ1) is 15.1. The molecule has 1 aliphatic carbocycles. The van der Waals surface area contributed by atoms with E-state index in [1.165, 1.54) is 17.3 Å². The van der Waals surface area contributed by atoms with Gasteiger partial charge in [0.25, 0.3) is 0 Å². The molecule has 1 atom stereocenters. The Morgan fingerprint density at radius 3 is 2.52 bits per heavy atom. The molecule has 112 valence electrons. The zero-order chi connectivity index (χ0) is 15.0. The number of carbonyl (C=O) groups excluding carboxylic acids is 2. The molecule has 1 unspecified atom stereocenters. The summed E-state index contributed by atoms with van der Waals surface area (Å²) in [6.07, 6.45) is 3.70. The lowest BCUT2D eigenvalue weighted by atomic mass is 9.70. The molecule has 1 heterocycles. The van der Waals surface area contributed by atoms with Gasteiger partial charge in [0.2, 0.25) is 5.91 Å². The smallest absolute Gasteiger partial charge is 0.224 e. The molecule has 2 aliphatic rings. The van der Waals surface area contributed by atoms with Crippen LogP contribution in [0.5, 0.6) is 0 Å². The van der Waals surface area contributed by atoms with Gasteiger partial charge in [-0.05, 0) is 37.0 Å². The number of nitrogens with zero attached hydrogens (tertiary/aromatic N) is 1. The molecule has 5 heteroatoms. The largest absolute Gasteiger partial charge is 0.332 e. The quantitative estimate of drug-likeness (QED) is 0.816. The fourth-order valence-corrected chi connectivity index (χ4v) is 4.57. The van der Waals surface area contributed by atoms with Gasteiger partial charge >= 0.3 is 0 Å². The number of thioether (sulfide) groups is 1. The molecule has 1 amide bonds. The van der Waals surface area contributed by atoms with E-state index in [1.54, 1.807) is 6.92 Å². The van der Waals surface area contributed by atoms with E-state index < -0.39 is 0 Å². The number of benzene rings is 1. The van der Waals surface area contributed by atoms with E-state index in [4.69, 9.17) is 0 Å². The highest BCUT2D eigenvalue weighted by atomic mass is 79.9. The molecule has 0 N–H and O–H groups in total. The second kappa shape index (κ2) is 5.76. The summed E-state index contributed by atoms with van der Waals surface area (Å²) in [5, 5.41) is 0.212. The Balaban J connectivity index is 1.84. The standard InChI is InChI=1S/C16H18BrNO2S/c1-11(19)21-14-9-15(20)18(10-14)16(7-2-8-16)12-3-5-13(17)6-4-12/h3-6,14H,2,7-10H2,1H3. The zero-order valence-corrected chi connectivity index (χ0v) is 14.4. The van der Waals surface area contributed by atoms with Gasteiger partial charge in [0, 0.05) is 29.6 Å². The van der Waals surface area contributed by atoms with Gasteiger partial charge < -0.3 is 4.90 Å². The first-order chi connectivity index (χ1) is 10.0. The highest BCUT2D eigenvalue weighted by Crippen LogP contribution is 2.49. The highest BCUT2D eigenvalue weighted by Gasteiger charge is 2.49. The normalized spacial score (nSPS) is 24.0. The molecular weight excluding hydrogens is 350 g/mol. The fraction of sp³-hybridized carbons (Fsp3) is 0.500. The minimum atomic E-state index is -0.135. The van der Waals surface area contributed by atoms with E-state index in [1.807, 2.05) is 17.0 Å². The fourth-order valence-electron chi connectivity index (χ4n) is 3.39. The first-order valence-corrected chi connectivity index (χ1v) is 8.92. The van der Waals surface area contributed by atoms with Crippen molar-refractivity contribution in [1.82, 2.24) is 4.90 Å². The van der Waals surface area contributed by atoms with Crippen molar-refractivity contribution in [3.8, 4) is 0 Å². The number of rotatable bonds is 3. The predicted molar refractivity (Wildman–Crippen MR) is 88.1 cm³/mol. The maximum atomic E-state index is 12.4. The van der Waals surface area contributed by atoms with Gasteiger partial charge in [-0.15, -0.1) is 0 Å². The molecule has 1 aromatic carbocycles. The van der Waals surface area contributed by atoms with Crippen molar-refractivity contribution in [3.63, 3.8) is 0 Å². The summed E-state index contributed by atoms with van der Waals surface area (Å²) in [5.41, 5.74) is 1.09. The molecule has 1 aliphatic heterocycles. The Morgan fingerprint density at radius 2 is 2.00 bits per heavy atom. The van der Waals surface area contributed by atoms with Crippen molar-refractivity contribution in [2.75, 3.05) is 6.54 Å². The van der Waals surface area contributed by atoms with Gasteiger partial charge in [0.05, 0.1) is 5.54 Å². The molecule has 1 saturated carbocycles. The topological polar surface area (TPSA) is 37.4 Å². The van der Waals surface area contributed by atoms with Gasteiger partial charge in [-0.3, -0.25) is 9.59 Å². The molecular formula is C16H18BrNO2S. The summed E-state index contributed by atoms with van der Waals surface area (Å²) >= 11 is 4.77. The Labute approximate surface area is 137 Å². The van der Waals surface area contributed by atoms with Crippen molar-refractivity contribution in [3.05, 3.63) is 34.3 Å². The average Bonchev–Trinajstić information content (AvgIpc) is 2.71. The summed E-state index contributed by atoms with van der Waals surface area (Å²) < 4.78 is 1.05. The van der Waals surface area contributed by atoms with E-state index >= 15 is 0 Å². The van der Waals surface area contributed by atoms with E-state index in [0.29, 0.717) is 13.0 Å². The SMILES string of the molecule is CC(=O)SC1CC(=O)N(C2(c3ccc(Br)cc3)CCC2)C1. The number of hydrogen-bond acceptors (Lipinski definition) is 3. The molecule has 2 fully saturated rings. The Hall–Kier alpha value is -0.810.